The molecule has 6 heteroatoms. The number of rotatable bonds is 24. The van der Waals surface area contributed by atoms with Gasteiger partial charge in [0, 0.05) is 12.8 Å². The van der Waals surface area contributed by atoms with Crippen molar-refractivity contribution in [3.63, 3.8) is 0 Å². The first-order chi connectivity index (χ1) is 18.3. The molecule has 0 aromatic heterocycles. The third-order valence-corrected chi connectivity index (χ3v) is 9.79. The maximum Gasteiger partial charge on any atom is 0.158 e. The van der Waals surface area contributed by atoms with Gasteiger partial charge in [0.1, 0.15) is 0 Å². The number of thioether (sulfide) groups is 2. The molecule has 2 fully saturated rings. The highest BCUT2D eigenvalue weighted by Gasteiger charge is 2.41. The predicted molar refractivity (Wildman–Crippen MR) is 163 cm³/mol. The first-order valence-corrected chi connectivity index (χ1v) is 18.2. The average molecular weight is 561 g/mol. The molecule has 2 heterocycles. The number of unbranched alkanes of at least 4 members (excludes halogenated alkanes) is 14. The van der Waals surface area contributed by atoms with Crippen LogP contribution in [-0.2, 0) is 18.9 Å². The summed E-state index contributed by atoms with van der Waals surface area (Å²) in [6.07, 6.45) is 24.2. The van der Waals surface area contributed by atoms with Crippen molar-refractivity contribution in [3.05, 3.63) is 0 Å². The Morgan fingerprint density at radius 3 is 1.14 bits per heavy atom. The second-order valence-corrected chi connectivity index (χ2v) is 13.8. The number of hydrogen-bond acceptors (Lipinski definition) is 6. The third kappa shape index (κ3) is 17.1. The first kappa shape index (κ1) is 33.7. The van der Waals surface area contributed by atoms with Gasteiger partial charge < -0.3 is 18.9 Å². The van der Waals surface area contributed by atoms with Gasteiger partial charge in [-0.05, 0) is 35.9 Å². The summed E-state index contributed by atoms with van der Waals surface area (Å²) >= 11 is 4.11. The lowest BCUT2D eigenvalue weighted by molar-refractivity contribution is -0.302. The topological polar surface area (TPSA) is 36.9 Å². The molecule has 0 radical (unpaired) electrons. The molecular formula is C31H60O4S2. The van der Waals surface area contributed by atoms with Crippen LogP contribution in [0.3, 0.4) is 0 Å². The highest BCUT2D eigenvalue weighted by atomic mass is 32.2. The molecule has 220 valence electrons. The predicted octanol–water partition coefficient (Wildman–Crippen LogP) is 9.25. The Balaban J connectivity index is 1.36. The van der Waals surface area contributed by atoms with Crippen molar-refractivity contribution in [3.8, 4) is 0 Å². The Morgan fingerprint density at radius 1 is 0.459 bits per heavy atom. The van der Waals surface area contributed by atoms with Gasteiger partial charge in [-0.1, -0.05) is 104 Å². The van der Waals surface area contributed by atoms with Crippen LogP contribution >= 0.6 is 23.5 Å². The minimum Gasteiger partial charge on any atom is -0.352 e. The Morgan fingerprint density at radius 2 is 0.784 bits per heavy atom. The molecule has 0 aliphatic carbocycles. The summed E-state index contributed by atoms with van der Waals surface area (Å²) in [4.78, 5) is 0. The van der Waals surface area contributed by atoms with E-state index in [0.717, 1.165) is 24.3 Å². The van der Waals surface area contributed by atoms with Crippen molar-refractivity contribution in [1.29, 1.82) is 0 Å². The quantitative estimate of drug-likeness (QED) is 0.110. The minimum absolute atomic E-state index is 0.0536. The van der Waals surface area contributed by atoms with Gasteiger partial charge in [-0.3, -0.25) is 0 Å². The highest BCUT2D eigenvalue weighted by Crippen LogP contribution is 2.32. The van der Waals surface area contributed by atoms with E-state index >= 15 is 0 Å². The normalized spacial score (nSPS) is 24.2. The standard InChI is InChI=1S/C31H60O4S2/c1-3-5-7-9-11-13-15-17-21-36-23-19-29-32-25-31(26-33-29)27-34-30(35-28-31)20-24-37-22-18-16-14-12-10-8-6-4-2/h29-30H,3-28H2,1-2H3. The van der Waals surface area contributed by atoms with Crippen molar-refractivity contribution in [2.24, 2.45) is 5.41 Å². The lowest BCUT2D eigenvalue weighted by Crippen LogP contribution is -2.52. The smallest absolute Gasteiger partial charge is 0.158 e. The molecule has 2 saturated heterocycles. The fourth-order valence-corrected chi connectivity index (χ4v) is 6.94. The maximum atomic E-state index is 6.07. The van der Waals surface area contributed by atoms with Gasteiger partial charge >= 0.3 is 0 Å². The van der Waals surface area contributed by atoms with Gasteiger partial charge in [0.15, 0.2) is 12.6 Å². The summed E-state index contributed by atoms with van der Waals surface area (Å²) in [6, 6.07) is 0. The molecule has 2 aliphatic rings. The molecule has 0 aromatic carbocycles. The summed E-state index contributed by atoms with van der Waals surface area (Å²) in [7, 11) is 0. The molecule has 0 amide bonds. The fraction of sp³-hybridized carbons (Fsp3) is 1.00. The molecule has 4 nitrogen and oxygen atoms in total. The van der Waals surface area contributed by atoms with E-state index in [-0.39, 0.29) is 18.0 Å². The third-order valence-electron chi connectivity index (χ3n) is 7.58. The Hall–Kier alpha value is 0.540. The van der Waals surface area contributed by atoms with Crippen LogP contribution in [0.15, 0.2) is 0 Å². The van der Waals surface area contributed by atoms with Crippen LogP contribution in [-0.4, -0.2) is 62.0 Å². The van der Waals surface area contributed by atoms with Crippen molar-refractivity contribution in [2.45, 2.75) is 142 Å². The molecule has 0 aromatic rings. The largest absolute Gasteiger partial charge is 0.352 e. The van der Waals surface area contributed by atoms with Crippen molar-refractivity contribution in [2.75, 3.05) is 49.4 Å². The van der Waals surface area contributed by atoms with Crippen LogP contribution in [0.2, 0.25) is 0 Å². The Bertz CT molecular complexity index is 444. The minimum atomic E-state index is -0.110. The van der Waals surface area contributed by atoms with Gasteiger partial charge in [0.2, 0.25) is 0 Å². The van der Waals surface area contributed by atoms with E-state index in [1.165, 1.54) is 114 Å². The van der Waals surface area contributed by atoms with Gasteiger partial charge in [-0.2, -0.15) is 23.5 Å². The van der Waals surface area contributed by atoms with Gasteiger partial charge in [-0.15, -0.1) is 0 Å². The molecule has 0 N–H and O–H groups in total. The average Bonchev–Trinajstić information content (AvgIpc) is 2.92. The summed E-state index contributed by atoms with van der Waals surface area (Å²) in [5.41, 5.74) is -0.110. The monoisotopic (exact) mass is 560 g/mol. The lowest BCUT2D eigenvalue weighted by atomic mass is 9.90. The zero-order chi connectivity index (χ0) is 26.3. The second kappa shape index (κ2) is 23.3. The van der Waals surface area contributed by atoms with E-state index in [0.29, 0.717) is 26.4 Å². The number of hydrogen-bond donors (Lipinski definition) is 0. The van der Waals surface area contributed by atoms with E-state index in [1.54, 1.807) is 0 Å². The summed E-state index contributed by atoms with van der Waals surface area (Å²) in [6.45, 7) is 7.35. The van der Waals surface area contributed by atoms with Crippen LogP contribution in [0, 0.1) is 5.41 Å². The van der Waals surface area contributed by atoms with Crippen LogP contribution < -0.4 is 0 Å². The van der Waals surface area contributed by atoms with Crippen molar-refractivity contribution >= 4 is 23.5 Å². The molecule has 1 spiro atoms. The van der Waals surface area contributed by atoms with Crippen molar-refractivity contribution in [1.82, 2.24) is 0 Å². The molecule has 2 aliphatic heterocycles. The van der Waals surface area contributed by atoms with E-state index in [9.17, 15) is 0 Å². The van der Waals surface area contributed by atoms with E-state index in [4.69, 9.17) is 18.9 Å². The van der Waals surface area contributed by atoms with Crippen molar-refractivity contribution < 1.29 is 18.9 Å². The molecule has 0 atom stereocenters. The maximum absolute atomic E-state index is 6.07. The Kier molecular flexibility index (Phi) is 21.2. The van der Waals surface area contributed by atoms with E-state index < -0.39 is 0 Å². The second-order valence-electron chi connectivity index (χ2n) is 11.4. The van der Waals surface area contributed by atoms with Crippen LogP contribution in [0.1, 0.15) is 129 Å². The van der Waals surface area contributed by atoms with Crippen LogP contribution in [0.25, 0.3) is 0 Å². The van der Waals surface area contributed by atoms with E-state index in [2.05, 4.69) is 37.4 Å². The SMILES string of the molecule is CCCCCCCCCCSCCC1OCC2(CO1)COC(CCSCCCCCCCCCC)OC2. The van der Waals surface area contributed by atoms with Gasteiger partial charge in [0.25, 0.3) is 0 Å². The van der Waals surface area contributed by atoms with Crippen LogP contribution in [0.4, 0.5) is 0 Å². The first-order valence-electron chi connectivity index (χ1n) is 15.9. The fourth-order valence-electron chi connectivity index (χ4n) is 5.00. The molecule has 2 rings (SSSR count). The Labute approximate surface area is 238 Å². The summed E-state index contributed by atoms with van der Waals surface area (Å²) < 4.78 is 24.3. The zero-order valence-corrected chi connectivity index (χ0v) is 26.1. The molecular weight excluding hydrogens is 500 g/mol. The van der Waals surface area contributed by atoms with E-state index in [1.807, 2.05) is 0 Å². The lowest BCUT2D eigenvalue weighted by Gasteiger charge is -2.43. The molecule has 0 saturated carbocycles. The number of ether oxygens (including phenoxy) is 4. The zero-order valence-electron chi connectivity index (χ0n) is 24.5. The molecule has 0 bridgehead atoms. The summed E-state index contributed by atoms with van der Waals surface area (Å²) in [5, 5.41) is 0. The van der Waals surface area contributed by atoms with Crippen LogP contribution in [0.5, 0.6) is 0 Å². The van der Waals surface area contributed by atoms with Gasteiger partial charge in [0.05, 0.1) is 31.8 Å². The highest BCUT2D eigenvalue weighted by molar-refractivity contribution is 7.99. The summed E-state index contributed by atoms with van der Waals surface area (Å²) in [5.74, 6) is 4.79. The molecule has 37 heavy (non-hydrogen) atoms. The van der Waals surface area contributed by atoms with Gasteiger partial charge in [-0.25, -0.2) is 0 Å². The molecule has 0 unspecified atom stereocenters.